The van der Waals surface area contributed by atoms with E-state index < -0.39 is 5.97 Å². The van der Waals surface area contributed by atoms with Crippen LogP contribution in [0.5, 0.6) is 5.88 Å². The number of esters is 1. The van der Waals surface area contributed by atoms with Gasteiger partial charge >= 0.3 is 5.97 Å². The number of nitrogens with two attached hydrogens (primary N) is 1. The first-order valence-corrected chi connectivity index (χ1v) is 5.23. The molecule has 0 atom stereocenters. The van der Waals surface area contributed by atoms with Crippen LogP contribution in [0.4, 0.5) is 5.69 Å². The molecule has 0 aliphatic carbocycles. The lowest BCUT2D eigenvalue weighted by Gasteiger charge is -2.09. The summed E-state index contributed by atoms with van der Waals surface area (Å²) in [5.41, 5.74) is 6.17. The Morgan fingerprint density at radius 2 is 2.24 bits per heavy atom. The van der Waals surface area contributed by atoms with Crippen LogP contribution in [-0.4, -0.2) is 37.9 Å². The van der Waals surface area contributed by atoms with Crippen molar-refractivity contribution in [2.24, 2.45) is 0 Å². The molecule has 2 N–H and O–H groups in total. The monoisotopic (exact) mass is 240 g/mol. The molecule has 0 aliphatic heterocycles. The highest BCUT2D eigenvalue weighted by Gasteiger charge is 2.15. The largest absolute Gasteiger partial charge is 0.475 e. The first-order chi connectivity index (χ1) is 8.19. The Morgan fingerprint density at radius 3 is 2.88 bits per heavy atom. The molecule has 0 fully saturated rings. The molecule has 0 saturated carbocycles. The maximum atomic E-state index is 11.6. The quantitative estimate of drug-likeness (QED) is 0.586. The Kier molecular flexibility index (Phi) is 5.22. The fourth-order valence-electron chi connectivity index (χ4n) is 1.16. The third kappa shape index (κ3) is 3.92. The van der Waals surface area contributed by atoms with E-state index >= 15 is 0 Å². The van der Waals surface area contributed by atoms with Crippen molar-refractivity contribution in [2.45, 2.75) is 6.92 Å². The summed E-state index contributed by atoms with van der Waals surface area (Å²) in [4.78, 5) is 15.6. The first kappa shape index (κ1) is 13.2. The molecule has 0 spiro atoms. The zero-order chi connectivity index (χ0) is 12.7. The summed E-state index contributed by atoms with van der Waals surface area (Å²) in [6.07, 6.45) is 1.42. The number of methoxy groups -OCH3 is 1. The molecule has 0 aromatic carbocycles. The Hall–Kier alpha value is -1.82. The Bertz CT molecular complexity index is 382. The van der Waals surface area contributed by atoms with Crippen LogP contribution in [0, 0.1) is 0 Å². The van der Waals surface area contributed by atoms with Crippen LogP contribution in [0.3, 0.4) is 0 Å². The van der Waals surface area contributed by atoms with Crippen molar-refractivity contribution < 1.29 is 19.0 Å². The van der Waals surface area contributed by atoms with E-state index in [-0.39, 0.29) is 18.1 Å². The van der Waals surface area contributed by atoms with Crippen molar-refractivity contribution in [3.8, 4) is 5.88 Å². The van der Waals surface area contributed by atoms with Gasteiger partial charge in [-0.3, -0.25) is 0 Å². The molecule has 0 unspecified atom stereocenters. The van der Waals surface area contributed by atoms with Crippen LogP contribution in [0.15, 0.2) is 12.3 Å². The number of anilines is 1. The zero-order valence-corrected chi connectivity index (χ0v) is 9.93. The minimum absolute atomic E-state index is 0.203. The molecule has 6 heteroatoms. The second-order valence-electron chi connectivity index (χ2n) is 3.18. The van der Waals surface area contributed by atoms with E-state index in [0.717, 1.165) is 0 Å². The van der Waals surface area contributed by atoms with Crippen LogP contribution in [0.25, 0.3) is 0 Å². The van der Waals surface area contributed by atoms with Crippen molar-refractivity contribution in [1.82, 2.24) is 4.98 Å². The van der Waals surface area contributed by atoms with Crippen LogP contribution >= 0.6 is 0 Å². The summed E-state index contributed by atoms with van der Waals surface area (Å²) >= 11 is 0. The molecule has 0 saturated heterocycles. The van der Waals surface area contributed by atoms with Gasteiger partial charge in [-0.05, 0) is 13.0 Å². The number of ether oxygens (including phenoxy) is 3. The average molecular weight is 240 g/mol. The molecule has 0 bridgehead atoms. The number of aromatic nitrogens is 1. The lowest BCUT2D eigenvalue weighted by Crippen LogP contribution is -2.12. The summed E-state index contributed by atoms with van der Waals surface area (Å²) in [6.45, 7) is 2.72. The van der Waals surface area contributed by atoms with Crippen molar-refractivity contribution >= 4 is 11.7 Å². The van der Waals surface area contributed by atoms with Gasteiger partial charge in [0.15, 0.2) is 0 Å². The lowest BCUT2D eigenvalue weighted by molar-refractivity contribution is 0.0518. The predicted octanol–water partition coefficient (Wildman–Crippen LogP) is 0.866. The summed E-state index contributed by atoms with van der Waals surface area (Å²) in [5.74, 6) is -0.297. The number of nitrogen functional groups attached to an aromatic ring is 1. The molecule has 6 nitrogen and oxygen atoms in total. The molecular formula is C11H16N2O4. The van der Waals surface area contributed by atoms with Crippen molar-refractivity contribution in [2.75, 3.05) is 32.7 Å². The fourth-order valence-corrected chi connectivity index (χ4v) is 1.16. The Balaban J connectivity index is 2.83. The smallest absolute Gasteiger partial charge is 0.343 e. The van der Waals surface area contributed by atoms with E-state index in [0.29, 0.717) is 18.9 Å². The summed E-state index contributed by atoms with van der Waals surface area (Å²) in [5, 5.41) is 0. The number of carbonyl (C=O) groups excluding carboxylic acids is 1. The van der Waals surface area contributed by atoms with E-state index in [9.17, 15) is 4.79 Å². The number of rotatable bonds is 6. The van der Waals surface area contributed by atoms with E-state index in [1.165, 1.54) is 12.3 Å². The molecule has 0 aliphatic rings. The summed E-state index contributed by atoms with van der Waals surface area (Å²) in [6, 6.07) is 1.48. The second kappa shape index (κ2) is 6.70. The first-order valence-electron chi connectivity index (χ1n) is 5.23. The van der Waals surface area contributed by atoms with Gasteiger partial charge in [0.2, 0.25) is 5.88 Å². The number of hydrogen-bond acceptors (Lipinski definition) is 6. The molecule has 1 heterocycles. The molecule has 0 radical (unpaired) electrons. The number of nitrogens with zero attached hydrogens (tertiary/aromatic N) is 1. The van der Waals surface area contributed by atoms with Crippen LogP contribution < -0.4 is 10.5 Å². The molecule has 1 aromatic heterocycles. The number of pyridine rings is 1. The zero-order valence-electron chi connectivity index (χ0n) is 9.93. The maximum absolute atomic E-state index is 11.6. The fraction of sp³-hybridized carbons (Fsp3) is 0.455. The topological polar surface area (TPSA) is 83.7 Å². The molecule has 17 heavy (non-hydrogen) atoms. The van der Waals surface area contributed by atoms with Crippen LogP contribution in [-0.2, 0) is 9.47 Å². The summed E-state index contributed by atoms with van der Waals surface area (Å²) in [7, 11) is 1.56. The average Bonchev–Trinajstić information content (AvgIpc) is 2.31. The van der Waals surface area contributed by atoms with Gasteiger partial charge in [0, 0.05) is 7.11 Å². The SMILES string of the molecule is CCOC(=O)c1cc(N)cnc1OCCOC. The van der Waals surface area contributed by atoms with Gasteiger partial charge in [-0.25, -0.2) is 9.78 Å². The molecule has 1 aromatic rings. The Morgan fingerprint density at radius 1 is 1.47 bits per heavy atom. The molecule has 94 valence electrons. The number of carbonyl (C=O) groups is 1. The molecular weight excluding hydrogens is 224 g/mol. The van der Waals surface area contributed by atoms with Gasteiger partial charge in [-0.2, -0.15) is 0 Å². The minimum atomic E-state index is -0.500. The van der Waals surface area contributed by atoms with Crippen molar-refractivity contribution in [3.63, 3.8) is 0 Å². The van der Waals surface area contributed by atoms with Crippen molar-refractivity contribution in [1.29, 1.82) is 0 Å². The third-order valence-electron chi connectivity index (χ3n) is 1.89. The van der Waals surface area contributed by atoms with Crippen LogP contribution in [0.1, 0.15) is 17.3 Å². The van der Waals surface area contributed by atoms with E-state index in [1.807, 2.05) is 0 Å². The number of hydrogen-bond donors (Lipinski definition) is 1. The van der Waals surface area contributed by atoms with E-state index in [4.69, 9.17) is 19.9 Å². The second-order valence-corrected chi connectivity index (χ2v) is 3.18. The normalized spacial score (nSPS) is 10.0. The third-order valence-corrected chi connectivity index (χ3v) is 1.89. The van der Waals surface area contributed by atoms with Gasteiger partial charge in [0.05, 0.1) is 25.1 Å². The van der Waals surface area contributed by atoms with Gasteiger partial charge in [-0.15, -0.1) is 0 Å². The highest BCUT2D eigenvalue weighted by Crippen LogP contribution is 2.18. The molecule has 1 rings (SSSR count). The summed E-state index contributed by atoms with van der Waals surface area (Å²) < 4.78 is 15.0. The predicted molar refractivity (Wildman–Crippen MR) is 62.0 cm³/mol. The standard InChI is InChI=1S/C11H16N2O4/c1-3-16-11(14)9-6-8(12)7-13-10(9)17-5-4-15-2/h6-7H,3-5,12H2,1-2H3. The maximum Gasteiger partial charge on any atom is 0.343 e. The van der Waals surface area contributed by atoms with Gasteiger partial charge in [-0.1, -0.05) is 0 Å². The highest BCUT2D eigenvalue weighted by atomic mass is 16.5. The van der Waals surface area contributed by atoms with Crippen LogP contribution in [0.2, 0.25) is 0 Å². The van der Waals surface area contributed by atoms with E-state index in [1.54, 1.807) is 14.0 Å². The lowest BCUT2D eigenvalue weighted by atomic mass is 10.2. The Labute approximate surface area is 99.7 Å². The van der Waals surface area contributed by atoms with Gasteiger partial charge < -0.3 is 19.9 Å². The van der Waals surface area contributed by atoms with E-state index in [2.05, 4.69) is 4.98 Å². The van der Waals surface area contributed by atoms with Gasteiger partial charge in [0.25, 0.3) is 0 Å². The highest BCUT2D eigenvalue weighted by molar-refractivity contribution is 5.92. The molecule has 0 amide bonds. The van der Waals surface area contributed by atoms with Gasteiger partial charge in [0.1, 0.15) is 12.2 Å². The van der Waals surface area contributed by atoms with Crippen molar-refractivity contribution in [3.05, 3.63) is 17.8 Å². The minimum Gasteiger partial charge on any atom is -0.475 e.